The molecule has 0 heterocycles. The van der Waals surface area contributed by atoms with E-state index in [4.69, 9.17) is 4.43 Å². The maximum atomic E-state index is 11.8. The highest BCUT2D eigenvalue weighted by Gasteiger charge is 2.51. The zero-order valence-electron chi connectivity index (χ0n) is 23.2. The van der Waals surface area contributed by atoms with E-state index in [9.17, 15) is 4.79 Å². The summed E-state index contributed by atoms with van der Waals surface area (Å²) in [4.78, 5) is 11.8. The first kappa shape index (κ1) is 28.3. The lowest BCUT2D eigenvalue weighted by atomic mass is 9.65. The number of allylic oxidation sites excluding steroid dienone is 2. The number of aldehydes is 1. The van der Waals surface area contributed by atoms with Crippen molar-refractivity contribution in [2.75, 3.05) is 0 Å². The Balaban J connectivity index is 2.09. The second-order valence-electron chi connectivity index (χ2n) is 11.9. The molecule has 0 aliphatic heterocycles. The Morgan fingerprint density at radius 3 is 2.03 bits per heavy atom. The Labute approximate surface area is 221 Å². The largest absolute Gasteiger partial charge is 0.404 e. The molecule has 2 aromatic carbocycles. The molecule has 0 aromatic heterocycles. The summed E-state index contributed by atoms with van der Waals surface area (Å²) in [7, 11) is -2.67. The molecule has 0 spiro atoms. The summed E-state index contributed by atoms with van der Waals surface area (Å²) >= 11 is 0. The summed E-state index contributed by atoms with van der Waals surface area (Å²) in [6, 6.07) is 21.7. The van der Waals surface area contributed by atoms with Gasteiger partial charge in [-0.15, -0.1) is 6.58 Å². The van der Waals surface area contributed by atoms with Gasteiger partial charge in [0, 0.05) is 12.5 Å². The molecule has 1 unspecified atom stereocenters. The predicted molar refractivity (Wildman–Crippen MR) is 156 cm³/mol. The topological polar surface area (TPSA) is 26.3 Å². The molecule has 4 atom stereocenters. The van der Waals surface area contributed by atoms with E-state index in [1.54, 1.807) is 0 Å². The molecule has 1 aliphatic carbocycles. The van der Waals surface area contributed by atoms with Crippen molar-refractivity contribution in [3.05, 3.63) is 85.0 Å². The van der Waals surface area contributed by atoms with Gasteiger partial charge in [-0.2, -0.15) is 0 Å². The predicted octanol–water partition coefficient (Wildman–Crippen LogP) is 7.34. The van der Waals surface area contributed by atoms with Crippen molar-refractivity contribution in [2.45, 2.75) is 78.4 Å². The van der Waals surface area contributed by atoms with Gasteiger partial charge in [0.2, 0.25) is 0 Å². The average Bonchev–Trinajstić information content (AvgIpc) is 2.85. The van der Waals surface area contributed by atoms with Crippen molar-refractivity contribution in [3.63, 3.8) is 0 Å². The Morgan fingerprint density at radius 1 is 1.03 bits per heavy atom. The Bertz CT molecular complexity index is 963. The molecule has 0 saturated carbocycles. The molecule has 0 radical (unpaired) electrons. The van der Waals surface area contributed by atoms with E-state index < -0.39 is 8.32 Å². The third kappa shape index (κ3) is 6.00. The van der Waals surface area contributed by atoms with Crippen LogP contribution in [0.25, 0.3) is 0 Å². The van der Waals surface area contributed by atoms with E-state index >= 15 is 0 Å². The van der Waals surface area contributed by atoms with Gasteiger partial charge < -0.3 is 9.22 Å². The zero-order chi connectivity index (χ0) is 26.3. The van der Waals surface area contributed by atoms with Crippen molar-refractivity contribution in [1.29, 1.82) is 0 Å². The molecule has 3 heteroatoms. The van der Waals surface area contributed by atoms with E-state index in [-0.39, 0.29) is 11.1 Å². The monoisotopic (exact) mass is 502 g/mol. The fraction of sp³-hybridized carbons (Fsp3) is 0.485. The first-order valence-electron chi connectivity index (χ1n) is 13.7. The maximum Gasteiger partial charge on any atom is 0.261 e. The highest BCUT2D eigenvalue weighted by atomic mass is 28.4. The van der Waals surface area contributed by atoms with Crippen LogP contribution < -0.4 is 10.4 Å². The molecule has 3 rings (SSSR count). The van der Waals surface area contributed by atoms with E-state index in [0.29, 0.717) is 30.1 Å². The molecule has 0 fully saturated rings. The van der Waals surface area contributed by atoms with Gasteiger partial charge in [-0.05, 0) is 65.3 Å². The average molecular weight is 503 g/mol. The van der Waals surface area contributed by atoms with Gasteiger partial charge in [-0.3, -0.25) is 0 Å². The van der Waals surface area contributed by atoms with Crippen LogP contribution >= 0.6 is 0 Å². The number of benzene rings is 2. The Kier molecular flexibility index (Phi) is 9.71. The second kappa shape index (κ2) is 12.3. The highest BCUT2D eigenvalue weighted by Crippen LogP contribution is 2.44. The van der Waals surface area contributed by atoms with Crippen molar-refractivity contribution < 1.29 is 9.22 Å². The van der Waals surface area contributed by atoms with Crippen LogP contribution in [0, 0.1) is 23.7 Å². The number of carbonyl (C=O) groups is 1. The van der Waals surface area contributed by atoms with Gasteiger partial charge in [0.05, 0.1) is 0 Å². The van der Waals surface area contributed by atoms with Crippen molar-refractivity contribution in [1.82, 2.24) is 0 Å². The normalized spacial score (nSPS) is 21.6. The van der Waals surface area contributed by atoms with Crippen LogP contribution in [-0.4, -0.2) is 20.7 Å². The SMILES string of the molecule is C=CCC(C[C@H]1C(C)=CC[C@H](C(C)C)[C@H]1CC=O)O[Si](c1ccccc1)(c1ccccc1)C(C)(C)C. The van der Waals surface area contributed by atoms with Gasteiger partial charge in [0.25, 0.3) is 8.32 Å². The number of hydrogen-bond donors (Lipinski definition) is 0. The lowest BCUT2D eigenvalue weighted by Crippen LogP contribution is -2.67. The number of carbonyl (C=O) groups excluding carboxylic acids is 1. The van der Waals surface area contributed by atoms with E-state index in [2.05, 4.69) is 115 Å². The fourth-order valence-corrected chi connectivity index (χ4v) is 11.2. The minimum Gasteiger partial charge on any atom is -0.404 e. The molecular weight excluding hydrogens is 456 g/mol. The van der Waals surface area contributed by atoms with Gasteiger partial charge in [0.1, 0.15) is 6.29 Å². The summed E-state index contributed by atoms with van der Waals surface area (Å²) in [5.74, 6) is 1.79. The molecule has 0 N–H and O–H groups in total. The third-order valence-corrected chi connectivity index (χ3v) is 13.4. The van der Waals surface area contributed by atoms with Crippen molar-refractivity contribution in [3.8, 4) is 0 Å². The fourth-order valence-electron chi connectivity index (χ4n) is 6.46. The van der Waals surface area contributed by atoms with E-state index in [1.807, 2.05) is 6.08 Å². The molecule has 2 aromatic rings. The standard InChI is InChI=1S/C33H46O2Si/c1-8-15-27(24-32-26(4)20-21-30(25(2)3)31(32)22-23-34)35-36(33(5,6)7,28-16-11-9-12-17-28)29-18-13-10-14-19-29/h8-14,16-20,23,25,27,30-32H,1,15,21-22,24H2,2-7H3/t27?,30-,31-,32+/m1/s1. The lowest BCUT2D eigenvalue weighted by molar-refractivity contribution is -0.109. The first-order valence-corrected chi connectivity index (χ1v) is 15.6. The van der Waals surface area contributed by atoms with Crippen LogP contribution in [0.4, 0.5) is 0 Å². The Morgan fingerprint density at radius 2 is 1.58 bits per heavy atom. The minimum absolute atomic E-state index is 0.0298. The molecule has 1 aliphatic rings. The van der Waals surface area contributed by atoms with Gasteiger partial charge in [-0.25, -0.2) is 0 Å². The van der Waals surface area contributed by atoms with Crippen LogP contribution in [0.5, 0.6) is 0 Å². The van der Waals surface area contributed by atoms with Crippen LogP contribution in [0.15, 0.2) is 85.0 Å². The Hall–Kier alpha value is -2.23. The van der Waals surface area contributed by atoms with Crippen LogP contribution in [0.2, 0.25) is 5.04 Å². The summed E-state index contributed by atoms with van der Waals surface area (Å²) < 4.78 is 7.54. The van der Waals surface area contributed by atoms with Gasteiger partial charge in [-0.1, -0.05) is 113 Å². The van der Waals surface area contributed by atoms with Gasteiger partial charge >= 0.3 is 0 Å². The molecule has 36 heavy (non-hydrogen) atoms. The highest BCUT2D eigenvalue weighted by molar-refractivity contribution is 6.99. The third-order valence-electron chi connectivity index (χ3n) is 8.29. The van der Waals surface area contributed by atoms with E-state index in [0.717, 1.165) is 25.5 Å². The second-order valence-corrected chi connectivity index (χ2v) is 16.2. The molecule has 194 valence electrons. The molecular formula is C33H46O2Si. The molecule has 2 nitrogen and oxygen atoms in total. The number of hydrogen-bond acceptors (Lipinski definition) is 2. The maximum absolute atomic E-state index is 11.8. The van der Waals surface area contributed by atoms with E-state index in [1.165, 1.54) is 15.9 Å². The van der Waals surface area contributed by atoms with Crippen LogP contribution in [0.3, 0.4) is 0 Å². The van der Waals surface area contributed by atoms with Crippen LogP contribution in [0.1, 0.15) is 67.2 Å². The molecule has 0 saturated heterocycles. The first-order chi connectivity index (χ1) is 17.2. The summed E-state index contributed by atoms with van der Waals surface area (Å²) in [6.45, 7) is 18.0. The van der Waals surface area contributed by atoms with Crippen LogP contribution in [-0.2, 0) is 9.22 Å². The lowest BCUT2D eigenvalue weighted by Gasteiger charge is -2.47. The van der Waals surface area contributed by atoms with Crippen molar-refractivity contribution in [2.24, 2.45) is 23.7 Å². The summed E-state index contributed by atoms with van der Waals surface area (Å²) in [5.41, 5.74) is 1.42. The molecule has 0 bridgehead atoms. The zero-order valence-corrected chi connectivity index (χ0v) is 24.2. The summed E-state index contributed by atoms with van der Waals surface area (Å²) in [6.07, 6.45) is 9.01. The quantitative estimate of drug-likeness (QED) is 0.182. The van der Waals surface area contributed by atoms with Crippen molar-refractivity contribution >= 4 is 25.0 Å². The summed E-state index contributed by atoms with van der Waals surface area (Å²) in [5, 5.41) is 2.53. The minimum atomic E-state index is -2.67. The smallest absolute Gasteiger partial charge is 0.261 e. The van der Waals surface area contributed by atoms with Gasteiger partial charge in [0.15, 0.2) is 0 Å². The molecule has 0 amide bonds. The number of rotatable bonds is 11.